The van der Waals surface area contributed by atoms with Crippen LogP contribution in [0, 0.1) is 34.5 Å². The van der Waals surface area contributed by atoms with Crippen LogP contribution in [0.4, 0.5) is 0 Å². The zero-order valence-corrected chi connectivity index (χ0v) is 15.0. The Morgan fingerprint density at radius 1 is 1.13 bits per heavy atom. The molecule has 130 valence electrons. The molecule has 0 aromatic carbocycles. The zero-order chi connectivity index (χ0) is 17.0. The quantitative estimate of drug-likeness (QED) is 0.748. The maximum Gasteiger partial charge on any atom is 0.310 e. The first-order chi connectivity index (χ1) is 10.6. The van der Waals surface area contributed by atoms with Gasteiger partial charge in [-0.25, -0.2) is 0 Å². The monoisotopic (exact) mass is 320 g/mol. The fourth-order valence-electron chi connectivity index (χ4n) is 6.11. The standard InChI is InChI=1S/C20H32O3/c1-13(2)14-5-6-16-15-7-8-19(4,23)11-9-18(15,3)10-12-20(14,16)17(21)22/h7-8,13-16,23H,5-6,9-12H2,1-4H3,(H,21,22)/t14-,15-,16+,18-,19-,20+/m1/s1. The van der Waals surface area contributed by atoms with Gasteiger partial charge in [0.1, 0.15) is 0 Å². The Bertz CT molecular complexity index is 521. The lowest BCUT2D eigenvalue weighted by Crippen LogP contribution is -2.52. The first-order valence-corrected chi connectivity index (χ1v) is 9.27. The summed E-state index contributed by atoms with van der Waals surface area (Å²) in [5.41, 5.74) is -1.17. The average Bonchev–Trinajstić information content (AvgIpc) is 2.80. The zero-order valence-electron chi connectivity index (χ0n) is 15.0. The third-order valence-electron chi connectivity index (χ3n) is 7.53. The second kappa shape index (κ2) is 5.34. The Kier molecular flexibility index (Phi) is 3.95. The predicted molar refractivity (Wildman–Crippen MR) is 90.9 cm³/mol. The molecule has 0 heterocycles. The molecule has 0 bridgehead atoms. The van der Waals surface area contributed by atoms with Crippen LogP contribution in [0.2, 0.25) is 0 Å². The van der Waals surface area contributed by atoms with E-state index < -0.39 is 17.0 Å². The van der Waals surface area contributed by atoms with Crippen LogP contribution in [0.15, 0.2) is 12.2 Å². The number of aliphatic carboxylic acids is 1. The predicted octanol–water partition coefficient (Wildman–Crippen LogP) is 4.26. The highest BCUT2D eigenvalue weighted by atomic mass is 16.4. The van der Waals surface area contributed by atoms with E-state index in [0.717, 1.165) is 38.5 Å². The van der Waals surface area contributed by atoms with Gasteiger partial charge < -0.3 is 10.2 Å². The molecule has 0 spiro atoms. The van der Waals surface area contributed by atoms with Crippen LogP contribution < -0.4 is 0 Å². The van der Waals surface area contributed by atoms with Crippen molar-refractivity contribution >= 4 is 5.97 Å². The third kappa shape index (κ3) is 2.47. The summed E-state index contributed by atoms with van der Waals surface area (Å²) in [5.74, 6) is 0.622. The Hall–Kier alpha value is -0.830. The molecule has 23 heavy (non-hydrogen) atoms. The number of hydrogen-bond acceptors (Lipinski definition) is 2. The maximum absolute atomic E-state index is 12.4. The molecule has 0 unspecified atom stereocenters. The molecule has 0 aromatic rings. The molecule has 3 aliphatic carbocycles. The average molecular weight is 320 g/mol. The lowest BCUT2D eigenvalue weighted by molar-refractivity contribution is -0.164. The topological polar surface area (TPSA) is 57.5 Å². The molecule has 2 saturated carbocycles. The summed E-state index contributed by atoms with van der Waals surface area (Å²) >= 11 is 0. The summed E-state index contributed by atoms with van der Waals surface area (Å²) in [7, 11) is 0. The van der Waals surface area contributed by atoms with Crippen molar-refractivity contribution < 1.29 is 15.0 Å². The van der Waals surface area contributed by atoms with Gasteiger partial charge in [-0.1, -0.05) is 32.9 Å². The SMILES string of the molecule is CC(C)[C@H]1CC[C@H]2[C@H]3C=C[C@@](C)(O)CC[C@]3(C)CC[C@]12C(=O)O. The highest BCUT2D eigenvalue weighted by Crippen LogP contribution is 2.65. The molecule has 0 aromatic heterocycles. The number of carboxylic acids is 1. The summed E-state index contributed by atoms with van der Waals surface area (Å²) in [5, 5.41) is 20.7. The molecular weight excluding hydrogens is 288 g/mol. The summed E-state index contributed by atoms with van der Waals surface area (Å²) in [4.78, 5) is 12.4. The van der Waals surface area contributed by atoms with Crippen molar-refractivity contribution in [2.45, 2.75) is 71.8 Å². The lowest BCUT2D eigenvalue weighted by atomic mass is 9.50. The van der Waals surface area contributed by atoms with Gasteiger partial charge in [-0.05, 0) is 74.5 Å². The van der Waals surface area contributed by atoms with E-state index in [1.165, 1.54) is 0 Å². The molecule has 3 aliphatic rings. The normalized spacial score (nSPS) is 49.6. The number of carboxylic acid groups (broad SMARTS) is 1. The van der Waals surface area contributed by atoms with Gasteiger partial charge in [0.2, 0.25) is 0 Å². The van der Waals surface area contributed by atoms with Gasteiger partial charge in [-0.15, -0.1) is 0 Å². The van der Waals surface area contributed by atoms with Crippen LogP contribution >= 0.6 is 0 Å². The lowest BCUT2D eigenvalue weighted by Gasteiger charge is -2.52. The van der Waals surface area contributed by atoms with E-state index in [1.54, 1.807) is 0 Å². The first-order valence-electron chi connectivity index (χ1n) is 9.27. The van der Waals surface area contributed by atoms with Gasteiger partial charge in [-0.3, -0.25) is 4.79 Å². The Morgan fingerprint density at radius 2 is 1.78 bits per heavy atom. The van der Waals surface area contributed by atoms with E-state index >= 15 is 0 Å². The molecule has 3 rings (SSSR count). The number of fused-ring (bicyclic) bond motifs is 3. The molecule has 0 radical (unpaired) electrons. The van der Waals surface area contributed by atoms with Gasteiger partial charge >= 0.3 is 5.97 Å². The molecule has 2 N–H and O–H groups in total. The summed E-state index contributed by atoms with van der Waals surface area (Å²) < 4.78 is 0. The molecule has 0 saturated heterocycles. The maximum atomic E-state index is 12.4. The van der Waals surface area contributed by atoms with Crippen molar-refractivity contribution in [3.05, 3.63) is 12.2 Å². The third-order valence-corrected chi connectivity index (χ3v) is 7.53. The van der Waals surface area contributed by atoms with Crippen LogP contribution in [0.25, 0.3) is 0 Å². The van der Waals surface area contributed by atoms with Crippen molar-refractivity contribution in [3.63, 3.8) is 0 Å². The second-order valence-electron chi connectivity index (χ2n) is 9.28. The number of rotatable bonds is 2. The minimum atomic E-state index is -0.748. The molecule has 0 amide bonds. The van der Waals surface area contributed by atoms with Gasteiger partial charge in [-0.2, -0.15) is 0 Å². The molecular formula is C20H32O3. The summed E-state index contributed by atoms with van der Waals surface area (Å²) in [6.45, 7) is 8.55. The van der Waals surface area contributed by atoms with E-state index in [0.29, 0.717) is 5.92 Å². The fourth-order valence-corrected chi connectivity index (χ4v) is 6.11. The highest BCUT2D eigenvalue weighted by Gasteiger charge is 2.63. The summed E-state index contributed by atoms with van der Waals surface area (Å²) in [6.07, 6.45) is 9.70. The number of hydrogen-bond donors (Lipinski definition) is 2. The minimum absolute atomic E-state index is 0.131. The first kappa shape index (κ1) is 17.0. The van der Waals surface area contributed by atoms with Crippen molar-refractivity contribution in [1.29, 1.82) is 0 Å². The van der Waals surface area contributed by atoms with Gasteiger partial charge in [0, 0.05) is 0 Å². The van der Waals surface area contributed by atoms with Crippen molar-refractivity contribution in [3.8, 4) is 0 Å². The van der Waals surface area contributed by atoms with E-state index in [-0.39, 0.29) is 23.2 Å². The Balaban J connectivity index is 2.04. The van der Waals surface area contributed by atoms with Crippen LogP contribution in [0.5, 0.6) is 0 Å². The van der Waals surface area contributed by atoms with Gasteiger partial charge in [0.15, 0.2) is 0 Å². The van der Waals surface area contributed by atoms with Crippen LogP contribution in [-0.4, -0.2) is 21.8 Å². The van der Waals surface area contributed by atoms with E-state index in [1.807, 2.05) is 13.0 Å². The Morgan fingerprint density at radius 3 is 2.39 bits per heavy atom. The van der Waals surface area contributed by atoms with Crippen molar-refractivity contribution in [2.75, 3.05) is 0 Å². The number of allylic oxidation sites excluding steroid dienone is 1. The number of carbonyl (C=O) groups is 1. The van der Waals surface area contributed by atoms with E-state index in [4.69, 9.17) is 0 Å². The fraction of sp³-hybridized carbons (Fsp3) is 0.850. The van der Waals surface area contributed by atoms with Gasteiger partial charge in [0.25, 0.3) is 0 Å². The smallest absolute Gasteiger partial charge is 0.310 e. The molecule has 3 nitrogen and oxygen atoms in total. The second-order valence-corrected chi connectivity index (χ2v) is 9.28. The van der Waals surface area contributed by atoms with Crippen LogP contribution in [0.1, 0.15) is 66.2 Å². The van der Waals surface area contributed by atoms with E-state index in [9.17, 15) is 15.0 Å². The minimum Gasteiger partial charge on any atom is -0.481 e. The highest BCUT2D eigenvalue weighted by molar-refractivity contribution is 5.76. The van der Waals surface area contributed by atoms with E-state index in [2.05, 4.69) is 26.8 Å². The Labute approximate surface area is 140 Å². The van der Waals surface area contributed by atoms with Crippen LogP contribution in [0.3, 0.4) is 0 Å². The largest absolute Gasteiger partial charge is 0.481 e. The van der Waals surface area contributed by atoms with Gasteiger partial charge in [0.05, 0.1) is 11.0 Å². The molecule has 6 atom stereocenters. The van der Waals surface area contributed by atoms with Crippen molar-refractivity contribution in [2.24, 2.45) is 34.5 Å². The molecule has 0 aliphatic heterocycles. The molecule has 3 heteroatoms. The van der Waals surface area contributed by atoms with Crippen molar-refractivity contribution in [1.82, 2.24) is 0 Å². The van der Waals surface area contributed by atoms with Crippen LogP contribution in [-0.2, 0) is 4.79 Å². The summed E-state index contributed by atoms with van der Waals surface area (Å²) in [6, 6.07) is 0. The number of aliphatic hydroxyl groups is 1. The molecule has 2 fully saturated rings.